The minimum atomic E-state index is -0.558. The Labute approximate surface area is 156 Å². The van der Waals surface area contributed by atoms with Crippen molar-refractivity contribution in [1.29, 1.82) is 0 Å². The maximum absolute atomic E-state index is 12.2. The van der Waals surface area contributed by atoms with E-state index in [-0.39, 0.29) is 5.91 Å². The van der Waals surface area contributed by atoms with Gasteiger partial charge in [-0.05, 0) is 43.9 Å². The number of carbonyl (C=O) groups excluding carboxylic acids is 2. The van der Waals surface area contributed by atoms with Gasteiger partial charge < -0.3 is 11.1 Å². The van der Waals surface area contributed by atoms with Crippen molar-refractivity contribution in [2.24, 2.45) is 5.73 Å². The van der Waals surface area contributed by atoms with Gasteiger partial charge in [-0.2, -0.15) is 5.10 Å². The molecule has 2 amide bonds. The molecule has 8 nitrogen and oxygen atoms in total. The number of nitrogens with zero attached hydrogens (tertiary/aromatic N) is 4. The molecule has 0 radical (unpaired) electrons. The smallest absolute Gasteiger partial charge is 0.254 e. The maximum Gasteiger partial charge on any atom is 0.254 e. The zero-order valence-electron chi connectivity index (χ0n) is 15.4. The number of aromatic nitrogens is 4. The van der Waals surface area contributed by atoms with Gasteiger partial charge in [0.1, 0.15) is 5.56 Å². The molecule has 3 aromatic rings. The van der Waals surface area contributed by atoms with Gasteiger partial charge in [0, 0.05) is 36.7 Å². The third-order valence-corrected chi connectivity index (χ3v) is 4.53. The second kappa shape index (κ2) is 7.94. The Morgan fingerprint density at radius 1 is 1.22 bits per heavy atom. The van der Waals surface area contributed by atoms with Gasteiger partial charge in [-0.15, -0.1) is 0 Å². The van der Waals surface area contributed by atoms with Crippen LogP contribution in [-0.2, 0) is 17.6 Å². The van der Waals surface area contributed by atoms with E-state index in [0.29, 0.717) is 30.6 Å². The summed E-state index contributed by atoms with van der Waals surface area (Å²) in [4.78, 5) is 32.1. The van der Waals surface area contributed by atoms with Gasteiger partial charge in [0.15, 0.2) is 5.65 Å². The summed E-state index contributed by atoms with van der Waals surface area (Å²) in [5, 5.41) is 7.12. The van der Waals surface area contributed by atoms with Gasteiger partial charge in [0.2, 0.25) is 5.91 Å². The zero-order valence-corrected chi connectivity index (χ0v) is 15.4. The third-order valence-electron chi connectivity index (χ3n) is 4.53. The molecule has 0 aromatic carbocycles. The summed E-state index contributed by atoms with van der Waals surface area (Å²) in [5.74, 6) is -0.576. The molecule has 0 fully saturated rings. The molecule has 0 unspecified atom stereocenters. The molecule has 3 rings (SSSR count). The van der Waals surface area contributed by atoms with Crippen molar-refractivity contribution in [3.8, 4) is 0 Å². The number of rotatable bonds is 7. The van der Waals surface area contributed by atoms with Crippen LogP contribution in [0.5, 0.6) is 0 Å². The highest BCUT2D eigenvalue weighted by Gasteiger charge is 2.17. The minimum absolute atomic E-state index is 0.0175. The van der Waals surface area contributed by atoms with Crippen LogP contribution in [0, 0.1) is 13.8 Å². The van der Waals surface area contributed by atoms with E-state index >= 15 is 0 Å². The van der Waals surface area contributed by atoms with E-state index < -0.39 is 5.91 Å². The van der Waals surface area contributed by atoms with Crippen molar-refractivity contribution >= 4 is 17.5 Å². The minimum Gasteiger partial charge on any atom is -0.365 e. The van der Waals surface area contributed by atoms with Crippen LogP contribution in [0.3, 0.4) is 0 Å². The SMILES string of the molecule is Cc1nc2c(C(N)=O)cnn2c(C)c1CCC(=O)NCCc1cccnc1. The standard InChI is InChI=1S/C19H22N6O2/c1-12-15(13(2)25-19(24-12)16(11-23-25)18(20)27)5-6-17(26)22-9-7-14-4-3-8-21-10-14/h3-4,8,10-11H,5-7,9H2,1-2H3,(H2,20,27)(H,22,26). The highest BCUT2D eigenvalue weighted by atomic mass is 16.1. The van der Waals surface area contributed by atoms with Gasteiger partial charge >= 0.3 is 0 Å². The number of aryl methyl sites for hydroxylation is 2. The van der Waals surface area contributed by atoms with E-state index in [1.807, 2.05) is 26.0 Å². The molecule has 0 aliphatic carbocycles. The Morgan fingerprint density at radius 2 is 2.04 bits per heavy atom. The molecule has 8 heteroatoms. The number of carbonyl (C=O) groups is 2. The van der Waals surface area contributed by atoms with E-state index in [9.17, 15) is 9.59 Å². The lowest BCUT2D eigenvalue weighted by molar-refractivity contribution is -0.121. The van der Waals surface area contributed by atoms with Crippen LogP contribution >= 0.6 is 0 Å². The molecule has 140 valence electrons. The number of pyridine rings is 1. The van der Waals surface area contributed by atoms with Crippen LogP contribution in [0.2, 0.25) is 0 Å². The first-order valence-corrected chi connectivity index (χ1v) is 8.76. The van der Waals surface area contributed by atoms with Crippen molar-refractivity contribution in [3.05, 3.63) is 58.8 Å². The van der Waals surface area contributed by atoms with Crippen molar-refractivity contribution in [3.63, 3.8) is 0 Å². The lowest BCUT2D eigenvalue weighted by atomic mass is 10.1. The van der Waals surface area contributed by atoms with Crippen LogP contribution < -0.4 is 11.1 Å². The van der Waals surface area contributed by atoms with Crippen LogP contribution in [0.15, 0.2) is 30.7 Å². The monoisotopic (exact) mass is 366 g/mol. The molecule has 0 aliphatic rings. The van der Waals surface area contributed by atoms with E-state index in [0.717, 1.165) is 28.9 Å². The van der Waals surface area contributed by atoms with Crippen LogP contribution in [0.4, 0.5) is 0 Å². The van der Waals surface area contributed by atoms with E-state index in [1.165, 1.54) is 6.20 Å². The number of primary amides is 1. The fourth-order valence-electron chi connectivity index (χ4n) is 3.07. The first-order valence-electron chi connectivity index (χ1n) is 8.76. The second-order valence-electron chi connectivity index (χ2n) is 6.38. The van der Waals surface area contributed by atoms with Gasteiger partial charge in [0.05, 0.1) is 6.20 Å². The third kappa shape index (κ3) is 4.11. The first kappa shape index (κ1) is 18.5. The van der Waals surface area contributed by atoms with Crippen molar-refractivity contribution in [2.75, 3.05) is 6.54 Å². The Bertz CT molecular complexity index is 981. The molecule has 27 heavy (non-hydrogen) atoms. The molecular weight excluding hydrogens is 344 g/mol. The number of hydrogen-bond donors (Lipinski definition) is 2. The molecular formula is C19H22N6O2. The maximum atomic E-state index is 12.2. The Balaban J connectivity index is 1.63. The molecule has 0 saturated heterocycles. The second-order valence-corrected chi connectivity index (χ2v) is 6.38. The van der Waals surface area contributed by atoms with Gasteiger partial charge in [-0.25, -0.2) is 9.50 Å². The Kier molecular flexibility index (Phi) is 5.44. The summed E-state index contributed by atoms with van der Waals surface area (Å²) in [5.41, 5.74) is 9.76. The Hall–Kier alpha value is -3.29. The number of amides is 2. The van der Waals surface area contributed by atoms with Crippen LogP contribution in [0.25, 0.3) is 5.65 Å². The molecule has 0 atom stereocenters. The van der Waals surface area contributed by atoms with Crippen molar-refractivity contribution in [2.45, 2.75) is 33.1 Å². The number of hydrogen-bond acceptors (Lipinski definition) is 5. The van der Waals surface area contributed by atoms with Crippen LogP contribution in [-0.4, -0.2) is 37.9 Å². The largest absolute Gasteiger partial charge is 0.365 e. The lowest BCUT2D eigenvalue weighted by Gasteiger charge is -2.11. The summed E-state index contributed by atoms with van der Waals surface area (Å²) < 4.78 is 1.60. The number of nitrogens with two attached hydrogens (primary N) is 1. The summed E-state index contributed by atoms with van der Waals surface area (Å²) in [6.07, 6.45) is 6.59. The highest BCUT2D eigenvalue weighted by Crippen LogP contribution is 2.18. The van der Waals surface area contributed by atoms with E-state index in [4.69, 9.17) is 5.73 Å². The van der Waals surface area contributed by atoms with E-state index in [2.05, 4.69) is 20.4 Å². The van der Waals surface area contributed by atoms with Gasteiger partial charge in [-0.3, -0.25) is 14.6 Å². The predicted octanol–water partition coefficient (Wildman–Crippen LogP) is 1.13. The average molecular weight is 366 g/mol. The van der Waals surface area contributed by atoms with Crippen molar-refractivity contribution in [1.82, 2.24) is 24.9 Å². The molecule has 3 N–H and O–H groups in total. The quantitative estimate of drug-likeness (QED) is 0.650. The molecule has 0 spiro atoms. The normalized spacial score (nSPS) is 10.9. The molecule has 3 heterocycles. The van der Waals surface area contributed by atoms with E-state index in [1.54, 1.807) is 16.9 Å². The summed E-state index contributed by atoms with van der Waals surface area (Å²) >= 11 is 0. The lowest BCUT2D eigenvalue weighted by Crippen LogP contribution is -2.26. The van der Waals surface area contributed by atoms with Crippen molar-refractivity contribution < 1.29 is 9.59 Å². The highest BCUT2D eigenvalue weighted by molar-refractivity contribution is 5.98. The summed E-state index contributed by atoms with van der Waals surface area (Å²) in [7, 11) is 0. The molecule has 0 saturated carbocycles. The molecule has 0 aliphatic heterocycles. The number of fused-ring (bicyclic) bond motifs is 1. The number of nitrogens with one attached hydrogen (secondary N) is 1. The van der Waals surface area contributed by atoms with Gasteiger partial charge in [0.25, 0.3) is 5.91 Å². The molecule has 3 aromatic heterocycles. The summed E-state index contributed by atoms with van der Waals surface area (Å²) in [6, 6.07) is 3.86. The zero-order chi connectivity index (χ0) is 19.4. The average Bonchev–Trinajstić information content (AvgIpc) is 3.06. The molecule has 0 bridgehead atoms. The van der Waals surface area contributed by atoms with Gasteiger partial charge in [-0.1, -0.05) is 6.07 Å². The fourth-order valence-corrected chi connectivity index (χ4v) is 3.07. The topological polar surface area (TPSA) is 115 Å². The first-order chi connectivity index (χ1) is 13.0. The Morgan fingerprint density at radius 3 is 2.74 bits per heavy atom. The fraction of sp³-hybridized carbons (Fsp3) is 0.316. The van der Waals surface area contributed by atoms with Crippen LogP contribution in [0.1, 0.15) is 39.3 Å². The predicted molar refractivity (Wildman–Crippen MR) is 100 cm³/mol. The summed E-state index contributed by atoms with van der Waals surface area (Å²) in [6.45, 7) is 4.33.